The zero-order valence-corrected chi connectivity index (χ0v) is 22.5. The molecule has 1 unspecified atom stereocenters. The summed E-state index contributed by atoms with van der Waals surface area (Å²) in [6.45, 7) is 2.94. The van der Waals surface area contributed by atoms with Crippen LogP contribution in [0.2, 0.25) is 10.0 Å². The molecular formula is C28H31Cl2N5O3. The summed E-state index contributed by atoms with van der Waals surface area (Å²) in [5, 5.41) is 16.2. The van der Waals surface area contributed by atoms with Gasteiger partial charge in [0.25, 0.3) is 5.91 Å². The van der Waals surface area contributed by atoms with E-state index in [-0.39, 0.29) is 11.8 Å². The monoisotopic (exact) mass is 555 g/mol. The third-order valence-electron chi connectivity index (χ3n) is 7.83. The van der Waals surface area contributed by atoms with Gasteiger partial charge in [0.1, 0.15) is 12.4 Å². The predicted octanol–water partition coefficient (Wildman–Crippen LogP) is 5.19. The molecule has 3 N–H and O–H groups in total. The van der Waals surface area contributed by atoms with E-state index in [2.05, 4.69) is 44.8 Å². The van der Waals surface area contributed by atoms with Gasteiger partial charge in [-0.05, 0) is 80.4 Å². The molecule has 2 aliphatic heterocycles. The number of halogens is 2. The first-order valence-electron chi connectivity index (χ1n) is 13.0. The lowest BCUT2D eigenvalue weighted by Gasteiger charge is -2.41. The number of piperidine rings is 2. The number of amides is 1. The normalized spacial score (nSPS) is 18.7. The van der Waals surface area contributed by atoms with Crippen LogP contribution in [-0.2, 0) is 4.79 Å². The van der Waals surface area contributed by atoms with Crippen LogP contribution in [0.25, 0.3) is 10.9 Å². The summed E-state index contributed by atoms with van der Waals surface area (Å²) in [6.07, 6.45) is 7.14. The Balaban J connectivity index is 1.12. The number of carbonyl (C=O) groups is 2. The average molecular weight is 556 g/mol. The van der Waals surface area contributed by atoms with Crippen LogP contribution in [0.5, 0.6) is 0 Å². The van der Waals surface area contributed by atoms with Crippen molar-refractivity contribution in [2.45, 2.75) is 37.6 Å². The number of para-hydroxylation sites is 1. The number of aromatic nitrogens is 1. The first-order valence-corrected chi connectivity index (χ1v) is 13.7. The van der Waals surface area contributed by atoms with Gasteiger partial charge in [-0.15, -0.1) is 0 Å². The SMILES string of the molecule is O=C(NN=CN1CCC(C(C(=O)O)N2CCC(c3c[nH]c4ccccc34)CC2)CC1)c1ccc(Cl)c(Cl)c1. The van der Waals surface area contributed by atoms with E-state index in [1.54, 1.807) is 18.5 Å². The molecule has 3 heterocycles. The lowest BCUT2D eigenvalue weighted by Crippen LogP contribution is -2.51. The summed E-state index contributed by atoms with van der Waals surface area (Å²) >= 11 is 11.9. The number of carboxylic acids is 1. The molecule has 0 radical (unpaired) electrons. The maximum absolute atomic E-state index is 12.3. The van der Waals surface area contributed by atoms with Crippen LogP contribution >= 0.6 is 23.2 Å². The molecule has 0 saturated carbocycles. The van der Waals surface area contributed by atoms with E-state index in [9.17, 15) is 14.7 Å². The highest BCUT2D eigenvalue weighted by atomic mass is 35.5. The van der Waals surface area contributed by atoms with E-state index >= 15 is 0 Å². The van der Waals surface area contributed by atoms with Crippen molar-refractivity contribution in [3.63, 3.8) is 0 Å². The number of aliphatic carboxylic acids is 1. The van der Waals surface area contributed by atoms with Crippen LogP contribution < -0.4 is 5.43 Å². The number of nitrogens with one attached hydrogen (secondary N) is 2. The molecule has 200 valence electrons. The van der Waals surface area contributed by atoms with Gasteiger partial charge >= 0.3 is 5.97 Å². The Labute approximate surface area is 231 Å². The average Bonchev–Trinajstić information content (AvgIpc) is 3.36. The highest BCUT2D eigenvalue weighted by molar-refractivity contribution is 6.42. The number of rotatable bonds is 7. The van der Waals surface area contributed by atoms with Crippen molar-refractivity contribution in [2.75, 3.05) is 26.2 Å². The smallest absolute Gasteiger partial charge is 0.321 e. The number of hydrogen-bond acceptors (Lipinski definition) is 4. The van der Waals surface area contributed by atoms with E-state index in [0.717, 1.165) is 44.3 Å². The van der Waals surface area contributed by atoms with E-state index in [4.69, 9.17) is 23.2 Å². The van der Waals surface area contributed by atoms with Gasteiger partial charge in [-0.2, -0.15) is 5.10 Å². The summed E-state index contributed by atoms with van der Waals surface area (Å²) in [7, 11) is 0. The third kappa shape index (κ3) is 5.82. The van der Waals surface area contributed by atoms with Gasteiger partial charge in [0.2, 0.25) is 0 Å². The standard InChI is InChI=1S/C28H31Cl2N5O3/c29-23-6-5-20(15-24(23)30)27(36)33-32-17-34-11-7-19(8-12-34)26(28(37)38)35-13-9-18(10-14-35)22-16-31-25-4-2-1-3-21(22)25/h1-6,15-19,26,31H,7-14H2,(H,33,36)(H,37,38). The number of H-pyrrole nitrogens is 1. The Morgan fingerprint density at radius 1 is 1.03 bits per heavy atom. The minimum absolute atomic E-state index is 0.0765. The van der Waals surface area contributed by atoms with Gasteiger partial charge < -0.3 is 15.0 Å². The molecule has 8 nitrogen and oxygen atoms in total. The molecule has 38 heavy (non-hydrogen) atoms. The minimum atomic E-state index is -0.739. The topological polar surface area (TPSA) is 101 Å². The Kier molecular flexibility index (Phi) is 8.21. The van der Waals surface area contributed by atoms with Crippen LogP contribution in [0, 0.1) is 5.92 Å². The van der Waals surface area contributed by atoms with E-state index in [1.165, 1.54) is 17.0 Å². The van der Waals surface area contributed by atoms with Crippen molar-refractivity contribution < 1.29 is 14.7 Å². The summed E-state index contributed by atoms with van der Waals surface area (Å²) in [6, 6.07) is 12.5. The van der Waals surface area contributed by atoms with Gasteiger partial charge in [-0.25, -0.2) is 5.43 Å². The minimum Gasteiger partial charge on any atom is -0.480 e. The molecule has 5 rings (SSSR count). The lowest BCUT2D eigenvalue weighted by molar-refractivity contribution is -0.146. The fourth-order valence-corrected chi connectivity index (χ4v) is 6.10. The van der Waals surface area contributed by atoms with Crippen LogP contribution in [0.1, 0.15) is 47.5 Å². The number of aromatic amines is 1. The molecular weight excluding hydrogens is 525 g/mol. The number of fused-ring (bicyclic) bond motifs is 1. The zero-order valence-electron chi connectivity index (χ0n) is 20.9. The fraction of sp³-hybridized carbons (Fsp3) is 0.393. The van der Waals surface area contributed by atoms with Gasteiger partial charge in [0.15, 0.2) is 0 Å². The highest BCUT2D eigenvalue weighted by Crippen LogP contribution is 2.35. The fourth-order valence-electron chi connectivity index (χ4n) is 5.80. The molecule has 2 aromatic carbocycles. The van der Waals surface area contributed by atoms with Crippen LogP contribution in [-0.4, -0.2) is 70.3 Å². The summed E-state index contributed by atoms with van der Waals surface area (Å²) in [5.74, 6) is -0.602. The second kappa shape index (κ2) is 11.8. The van der Waals surface area contributed by atoms with E-state index in [1.807, 2.05) is 11.0 Å². The number of nitrogens with zero attached hydrogens (tertiary/aromatic N) is 3. The summed E-state index contributed by atoms with van der Waals surface area (Å²) in [4.78, 5) is 32.2. The molecule has 0 spiro atoms. The van der Waals surface area contributed by atoms with Crippen molar-refractivity contribution in [3.05, 3.63) is 69.8 Å². The van der Waals surface area contributed by atoms with Crippen LogP contribution in [0.3, 0.4) is 0 Å². The summed E-state index contributed by atoms with van der Waals surface area (Å²) < 4.78 is 0. The maximum Gasteiger partial charge on any atom is 0.321 e. The molecule has 1 atom stereocenters. The van der Waals surface area contributed by atoms with Crippen molar-refractivity contribution in [2.24, 2.45) is 11.0 Å². The second-order valence-electron chi connectivity index (χ2n) is 10.1. The Morgan fingerprint density at radius 3 is 2.47 bits per heavy atom. The molecule has 1 amide bonds. The molecule has 2 aliphatic rings. The maximum atomic E-state index is 12.3. The van der Waals surface area contributed by atoms with Crippen molar-refractivity contribution in [3.8, 4) is 0 Å². The number of hydrazone groups is 1. The first kappa shape index (κ1) is 26.5. The van der Waals surface area contributed by atoms with E-state index in [0.29, 0.717) is 34.6 Å². The van der Waals surface area contributed by atoms with Gasteiger partial charge in [0, 0.05) is 35.8 Å². The quantitative estimate of drug-likeness (QED) is 0.211. The predicted molar refractivity (Wildman–Crippen MR) is 150 cm³/mol. The Morgan fingerprint density at radius 2 is 1.76 bits per heavy atom. The molecule has 2 fully saturated rings. The molecule has 1 aromatic heterocycles. The molecule has 0 aliphatic carbocycles. The number of hydrogen-bond donors (Lipinski definition) is 3. The zero-order chi connectivity index (χ0) is 26.6. The number of carboxylic acid groups (broad SMARTS) is 1. The van der Waals surface area contributed by atoms with Crippen LogP contribution in [0.15, 0.2) is 53.8 Å². The second-order valence-corrected chi connectivity index (χ2v) is 10.9. The Hall–Kier alpha value is -3.07. The van der Waals surface area contributed by atoms with Gasteiger partial charge in [-0.3, -0.25) is 14.5 Å². The Bertz CT molecular complexity index is 1330. The highest BCUT2D eigenvalue weighted by Gasteiger charge is 2.37. The third-order valence-corrected chi connectivity index (χ3v) is 8.57. The number of benzene rings is 2. The number of carbonyl (C=O) groups excluding carboxylic acids is 1. The van der Waals surface area contributed by atoms with Crippen molar-refractivity contribution in [1.29, 1.82) is 0 Å². The van der Waals surface area contributed by atoms with Gasteiger partial charge in [0.05, 0.1) is 10.0 Å². The lowest BCUT2D eigenvalue weighted by atomic mass is 9.84. The molecule has 0 bridgehead atoms. The number of likely N-dealkylation sites (tertiary alicyclic amines) is 2. The van der Waals surface area contributed by atoms with Crippen molar-refractivity contribution in [1.82, 2.24) is 20.2 Å². The molecule has 10 heteroatoms. The largest absolute Gasteiger partial charge is 0.480 e. The molecule has 3 aromatic rings. The van der Waals surface area contributed by atoms with Gasteiger partial charge in [-0.1, -0.05) is 41.4 Å². The first-order chi connectivity index (χ1) is 18.4. The summed E-state index contributed by atoms with van der Waals surface area (Å²) in [5.41, 5.74) is 5.36. The molecule has 2 saturated heterocycles. The van der Waals surface area contributed by atoms with Crippen LogP contribution in [0.4, 0.5) is 0 Å². The van der Waals surface area contributed by atoms with Crippen molar-refractivity contribution >= 4 is 52.3 Å². The van der Waals surface area contributed by atoms with E-state index < -0.39 is 12.0 Å².